The number of amides is 1. The fraction of sp³-hybridized carbons (Fsp3) is 0.529. The normalized spacial score (nSPS) is 22.0. The lowest BCUT2D eigenvalue weighted by Gasteiger charge is -2.35. The molecule has 2 aromatic rings. The molecule has 1 atom stereocenters. The first-order valence-electron chi connectivity index (χ1n) is 8.35. The molecule has 0 radical (unpaired) electrons. The minimum absolute atomic E-state index is 0.0221. The van der Waals surface area contributed by atoms with Crippen LogP contribution in [0, 0.1) is 6.92 Å². The quantitative estimate of drug-likeness (QED) is 0.911. The minimum atomic E-state index is 0.0221. The van der Waals surface area contributed by atoms with Gasteiger partial charge in [0, 0.05) is 26.2 Å². The van der Waals surface area contributed by atoms with Gasteiger partial charge in [-0.25, -0.2) is 0 Å². The van der Waals surface area contributed by atoms with Crippen molar-refractivity contribution in [1.29, 1.82) is 0 Å². The number of benzene rings is 1. The van der Waals surface area contributed by atoms with Crippen molar-refractivity contribution in [1.82, 2.24) is 15.2 Å². The molecule has 6 nitrogen and oxygen atoms in total. The average molecular weight is 314 g/mol. The lowest BCUT2D eigenvalue weighted by molar-refractivity contribution is -0.133. The van der Waals surface area contributed by atoms with E-state index in [1.165, 1.54) is 5.56 Å². The van der Waals surface area contributed by atoms with Crippen LogP contribution in [0.2, 0.25) is 0 Å². The third-order valence-corrected chi connectivity index (χ3v) is 4.75. The monoisotopic (exact) mass is 314 g/mol. The number of fused-ring (bicyclic) bond motifs is 1. The number of rotatable bonds is 2. The van der Waals surface area contributed by atoms with E-state index in [2.05, 4.69) is 22.1 Å². The molecule has 0 saturated carbocycles. The Labute approximate surface area is 135 Å². The molecule has 3 heterocycles. The van der Waals surface area contributed by atoms with Crippen LogP contribution >= 0.6 is 0 Å². The summed E-state index contributed by atoms with van der Waals surface area (Å²) < 4.78 is 5.86. The number of anilines is 1. The topological polar surface area (TPSA) is 61.6 Å². The van der Waals surface area contributed by atoms with Crippen molar-refractivity contribution in [3.63, 3.8) is 0 Å². The van der Waals surface area contributed by atoms with Crippen LogP contribution in [0.25, 0.3) is 11.1 Å². The number of hydrogen-bond donors (Lipinski definition) is 1. The Kier molecular flexibility index (Phi) is 3.69. The van der Waals surface area contributed by atoms with Gasteiger partial charge in [0.15, 0.2) is 5.58 Å². The van der Waals surface area contributed by atoms with Crippen molar-refractivity contribution in [3.8, 4) is 0 Å². The first kappa shape index (κ1) is 14.5. The molecule has 4 rings (SSSR count). The summed E-state index contributed by atoms with van der Waals surface area (Å²) in [5.74, 6) is 0.246. The summed E-state index contributed by atoms with van der Waals surface area (Å²) in [4.78, 5) is 21.1. The van der Waals surface area contributed by atoms with E-state index in [0.717, 1.165) is 56.7 Å². The molecule has 1 unspecified atom stereocenters. The van der Waals surface area contributed by atoms with Gasteiger partial charge in [-0.2, -0.15) is 4.98 Å². The highest BCUT2D eigenvalue weighted by Crippen LogP contribution is 2.24. The van der Waals surface area contributed by atoms with Crippen molar-refractivity contribution in [3.05, 3.63) is 23.8 Å². The van der Waals surface area contributed by atoms with E-state index < -0.39 is 0 Å². The Hall–Kier alpha value is -2.08. The molecule has 0 bridgehead atoms. The summed E-state index contributed by atoms with van der Waals surface area (Å²) in [5, 5.41) is 3.28. The first-order chi connectivity index (χ1) is 11.2. The van der Waals surface area contributed by atoms with Gasteiger partial charge in [-0.15, -0.1) is 0 Å². The van der Waals surface area contributed by atoms with E-state index >= 15 is 0 Å². The van der Waals surface area contributed by atoms with Crippen molar-refractivity contribution in [2.24, 2.45) is 0 Å². The number of hydrogen-bond acceptors (Lipinski definition) is 5. The van der Waals surface area contributed by atoms with Crippen LogP contribution in [0.1, 0.15) is 18.4 Å². The summed E-state index contributed by atoms with van der Waals surface area (Å²) >= 11 is 0. The van der Waals surface area contributed by atoms with E-state index in [-0.39, 0.29) is 11.9 Å². The summed E-state index contributed by atoms with van der Waals surface area (Å²) in [5.41, 5.74) is 2.89. The van der Waals surface area contributed by atoms with Crippen LogP contribution < -0.4 is 10.2 Å². The van der Waals surface area contributed by atoms with E-state index in [0.29, 0.717) is 6.01 Å². The fourth-order valence-electron chi connectivity index (χ4n) is 3.39. The molecular formula is C17H22N4O2. The van der Waals surface area contributed by atoms with Crippen LogP contribution in [0.4, 0.5) is 6.01 Å². The number of piperazine rings is 1. The molecule has 2 saturated heterocycles. The second-order valence-electron chi connectivity index (χ2n) is 6.43. The summed E-state index contributed by atoms with van der Waals surface area (Å²) in [6.07, 6.45) is 2.06. The predicted molar refractivity (Wildman–Crippen MR) is 88.6 cm³/mol. The molecule has 1 aromatic carbocycles. The number of carbonyl (C=O) groups excluding carboxylic acids is 1. The molecule has 23 heavy (non-hydrogen) atoms. The van der Waals surface area contributed by atoms with E-state index in [9.17, 15) is 4.79 Å². The van der Waals surface area contributed by atoms with Crippen LogP contribution in [0.15, 0.2) is 22.6 Å². The van der Waals surface area contributed by atoms with E-state index in [1.54, 1.807) is 0 Å². The third kappa shape index (κ3) is 2.79. The molecule has 1 aromatic heterocycles. The zero-order valence-electron chi connectivity index (χ0n) is 13.4. The highest BCUT2D eigenvalue weighted by atomic mass is 16.4. The summed E-state index contributed by atoms with van der Waals surface area (Å²) in [6, 6.07) is 6.72. The van der Waals surface area contributed by atoms with Crippen LogP contribution in [0.5, 0.6) is 0 Å². The van der Waals surface area contributed by atoms with E-state index in [4.69, 9.17) is 4.42 Å². The molecule has 1 N–H and O–H groups in total. The Morgan fingerprint density at radius 2 is 2.13 bits per heavy atom. The largest absolute Gasteiger partial charge is 0.423 e. The average Bonchev–Trinajstić information content (AvgIpc) is 3.23. The molecular weight excluding hydrogens is 292 g/mol. The molecule has 0 aliphatic carbocycles. The van der Waals surface area contributed by atoms with Gasteiger partial charge < -0.3 is 19.5 Å². The molecule has 2 fully saturated rings. The Balaban J connectivity index is 1.43. The zero-order chi connectivity index (χ0) is 15.8. The van der Waals surface area contributed by atoms with Gasteiger partial charge >= 0.3 is 0 Å². The van der Waals surface area contributed by atoms with Crippen molar-refractivity contribution in [2.45, 2.75) is 25.8 Å². The van der Waals surface area contributed by atoms with E-state index in [1.807, 2.05) is 23.1 Å². The van der Waals surface area contributed by atoms with Crippen molar-refractivity contribution < 1.29 is 9.21 Å². The lowest BCUT2D eigenvalue weighted by Crippen LogP contribution is -2.53. The van der Waals surface area contributed by atoms with Crippen molar-refractivity contribution in [2.75, 3.05) is 37.6 Å². The molecule has 122 valence electrons. The summed E-state index contributed by atoms with van der Waals surface area (Å²) in [7, 11) is 0. The molecule has 2 aliphatic rings. The highest BCUT2D eigenvalue weighted by molar-refractivity contribution is 5.82. The molecule has 0 spiro atoms. The SMILES string of the molecule is Cc1ccc2oc(N3CCN(C(=O)C4CCCN4)CC3)nc2c1. The molecule has 6 heteroatoms. The Bertz CT molecular complexity index is 712. The number of nitrogens with zero attached hydrogens (tertiary/aromatic N) is 3. The molecule has 2 aliphatic heterocycles. The Morgan fingerprint density at radius 1 is 1.30 bits per heavy atom. The van der Waals surface area contributed by atoms with Gasteiger partial charge in [-0.1, -0.05) is 6.07 Å². The number of carbonyl (C=O) groups is 1. The highest BCUT2D eigenvalue weighted by Gasteiger charge is 2.30. The van der Waals surface area contributed by atoms with Gasteiger partial charge in [0.1, 0.15) is 5.52 Å². The number of oxazole rings is 1. The second-order valence-corrected chi connectivity index (χ2v) is 6.43. The van der Waals surface area contributed by atoms with Crippen molar-refractivity contribution >= 4 is 23.0 Å². The van der Waals surface area contributed by atoms with Crippen LogP contribution in [-0.4, -0.2) is 54.6 Å². The van der Waals surface area contributed by atoms with Crippen LogP contribution in [0.3, 0.4) is 0 Å². The van der Waals surface area contributed by atoms with Gasteiger partial charge in [0.25, 0.3) is 6.01 Å². The first-order valence-corrected chi connectivity index (χ1v) is 8.35. The smallest absolute Gasteiger partial charge is 0.298 e. The van der Waals surface area contributed by atoms with Gasteiger partial charge in [0.2, 0.25) is 5.91 Å². The Morgan fingerprint density at radius 3 is 2.87 bits per heavy atom. The predicted octanol–water partition coefficient (Wildman–Crippen LogP) is 1.54. The third-order valence-electron chi connectivity index (χ3n) is 4.75. The van der Waals surface area contributed by atoms with Gasteiger partial charge in [-0.3, -0.25) is 4.79 Å². The molecule has 1 amide bonds. The standard InChI is InChI=1S/C17H22N4O2/c1-12-4-5-15-14(11-12)19-17(23-15)21-9-7-20(8-10-21)16(22)13-3-2-6-18-13/h4-5,11,13,18H,2-3,6-10H2,1H3. The van der Waals surface area contributed by atoms with Gasteiger partial charge in [0.05, 0.1) is 6.04 Å². The van der Waals surface area contributed by atoms with Gasteiger partial charge in [-0.05, 0) is 44.0 Å². The number of aromatic nitrogens is 1. The van der Waals surface area contributed by atoms with Crippen LogP contribution in [-0.2, 0) is 4.79 Å². The minimum Gasteiger partial charge on any atom is -0.423 e. The zero-order valence-corrected chi connectivity index (χ0v) is 13.4. The number of aryl methyl sites for hydroxylation is 1. The summed E-state index contributed by atoms with van der Waals surface area (Å²) in [6.45, 7) is 6.01. The second kappa shape index (κ2) is 5.85. The maximum Gasteiger partial charge on any atom is 0.298 e. The maximum absolute atomic E-state index is 12.4. The fourth-order valence-corrected chi connectivity index (χ4v) is 3.39. The number of nitrogens with one attached hydrogen (secondary N) is 1. The lowest BCUT2D eigenvalue weighted by atomic mass is 10.2. The maximum atomic E-state index is 12.4.